The second-order valence-electron chi connectivity index (χ2n) is 12.8. The van der Waals surface area contributed by atoms with E-state index in [1.54, 1.807) is 11.3 Å². The Hall–Kier alpha value is -6.01. The highest BCUT2D eigenvalue weighted by Crippen LogP contribution is 2.39. The summed E-state index contributed by atoms with van der Waals surface area (Å²) in [5.41, 5.74) is 7.79. The number of thiophene rings is 2. The van der Waals surface area contributed by atoms with Crippen LogP contribution in [0.5, 0.6) is 0 Å². The topological polar surface area (TPSA) is 38.7 Å². The Labute approximate surface area is 302 Å². The molecule has 0 fully saturated rings. The van der Waals surface area contributed by atoms with Crippen LogP contribution in [0.1, 0.15) is 12.2 Å². The first kappa shape index (κ1) is 29.9. The van der Waals surface area contributed by atoms with Gasteiger partial charge in [0.2, 0.25) is 0 Å². The minimum absolute atomic E-state index is 0.670. The van der Waals surface area contributed by atoms with Gasteiger partial charge < -0.3 is 0 Å². The first-order chi connectivity index (χ1) is 25.2. The molecule has 0 saturated carbocycles. The number of nitrogens with zero attached hydrogens (tertiary/aromatic N) is 3. The normalized spacial score (nSPS) is 12.7. The van der Waals surface area contributed by atoms with Crippen molar-refractivity contribution in [2.75, 3.05) is 0 Å². The average molecular weight is 688 g/mol. The van der Waals surface area contributed by atoms with Gasteiger partial charge >= 0.3 is 0 Å². The van der Waals surface area contributed by atoms with Crippen molar-refractivity contribution in [3.8, 4) is 45.0 Å². The van der Waals surface area contributed by atoms with Crippen molar-refractivity contribution in [1.82, 2.24) is 15.0 Å². The van der Waals surface area contributed by atoms with E-state index in [4.69, 9.17) is 15.0 Å². The fraction of sp³-hybridized carbons (Fsp3) is 0.0217. The summed E-state index contributed by atoms with van der Waals surface area (Å²) in [6.07, 6.45) is 7.50. The van der Waals surface area contributed by atoms with Gasteiger partial charge in [-0.25, -0.2) is 15.0 Å². The van der Waals surface area contributed by atoms with E-state index >= 15 is 0 Å². The third-order valence-electron chi connectivity index (χ3n) is 9.64. The molecule has 3 aromatic heterocycles. The van der Waals surface area contributed by atoms with Crippen molar-refractivity contribution < 1.29 is 0 Å². The van der Waals surface area contributed by atoms with Crippen LogP contribution in [0.4, 0.5) is 0 Å². The lowest BCUT2D eigenvalue weighted by atomic mass is 9.98. The van der Waals surface area contributed by atoms with E-state index in [0.29, 0.717) is 17.5 Å². The van der Waals surface area contributed by atoms with Crippen LogP contribution in [-0.4, -0.2) is 15.0 Å². The summed E-state index contributed by atoms with van der Waals surface area (Å²) in [5.74, 6) is 2.07. The number of hydrogen-bond donors (Lipinski definition) is 0. The molecule has 0 amide bonds. The molecule has 0 bridgehead atoms. The SMILES string of the molecule is C1=C(c2nc(-c3ccc(-c4cccc(-c5ccccc5)c4)cc3)nc(-c3cccc4c3sc3ccccc34)n2)CC=c2sc3ccccc3c2=C1. The van der Waals surface area contributed by atoms with Gasteiger partial charge in [-0.05, 0) is 52.9 Å². The molecule has 6 aromatic carbocycles. The minimum atomic E-state index is 0.670. The predicted octanol–water partition coefficient (Wildman–Crippen LogP) is 11.2. The molecule has 0 radical (unpaired) electrons. The first-order valence-corrected chi connectivity index (χ1v) is 18.7. The summed E-state index contributed by atoms with van der Waals surface area (Å²) in [6, 6.07) is 51.5. The van der Waals surface area contributed by atoms with E-state index in [9.17, 15) is 0 Å². The molecule has 1 aliphatic rings. The molecule has 5 heteroatoms. The predicted molar refractivity (Wildman–Crippen MR) is 217 cm³/mol. The zero-order valence-electron chi connectivity index (χ0n) is 27.5. The summed E-state index contributed by atoms with van der Waals surface area (Å²) in [7, 11) is 0. The summed E-state index contributed by atoms with van der Waals surface area (Å²) in [5, 5.41) is 5.04. The zero-order chi connectivity index (χ0) is 33.7. The smallest absolute Gasteiger partial charge is 0.165 e. The number of fused-ring (bicyclic) bond motifs is 6. The van der Waals surface area contributed by atoms with Gasteiger partial charge in [0.15, 0.2) is 17.5 Å². The van der Waals surface area contributed by atoms with Crippen LogP contribution < -0.4 is 9.75 Å². The largest absolute Gasteiger partial charge is 0.209 e. The van der Waals surface area contributed by atoms with Gasteiger partial charge in [-0.15, -0.1) is 22.7 Å². The Morgan fingerprint density at radius 1 is 0.431 bits per heavy atom. The van der Waals surface area contributed by atoms with E-state index in [1.165, 1.54) is 56.7 Å². The molecule has 3 nitrogen and oxygen atoms in total. The van der Waals surface area contributed by atoms with Gasteiger partial charge in [0, 0.05) is 56.7 Å². The van der Waals surface area contributed by atoms with E-state index in [-0.39, 0.29) is 0 Å². The number of aromatic nitrogens is 3. The molecule has 3 heterocycles. The third kappa shape index (κ3) is 5.39. The van der Waals surface area contributed by atoms with Crippen LogP contribution in [-0.2, 0) is 0 Å². The Bertz CT molecular complexity index is 2940. The molecule has 0 atom stereocenters. The van der Waals surface area contributed by atoms with Crippen LogP contribution in [0, 0.1) is 0 Å². The van der Waals surface area contributed by atoms with Crippen molar-refractivity contribution in [1.29, 1.82) is 0 Å². The van der Waals surface area contributed by atoms with Crippen molar-refractivity contribution in [3.05, 3.63) is 167 Å². The molecule has 51 heavy (non-hydrogen) atoms. The second kappa shape index (κ2) is 12.4. The molecular weight excluding hydrogens is 659 g/mol. The summed E-state index contributed by atoms with van der Waals surface area (Å²) < 4.78 is 5.05. The third-order valence-corrected chi connectivity index (χ3v) is 12.0. The van der Waals surface area contributed by atoms with E-state index in [2.05, 4.69) is 164 Å². The number of allylic oxidation sites excluding steroid dienone is 2. The van der Waals surface area contributed by atoms with Crippen molar-refractivity contribution in [3.63, 3.8) is 0 Å². The Balaban J connectivity index is 1.10. The summed E-state index contributed by atoms with van der Waals surface area (Å²) in [4.78, 5) is 15.5. The highest BCUT2D eigenvalue weighted by Gasteiger charge is 2.18. The lowest BCUT2D eigenvalue weighted by Gasteiger charge is -2.11. The quantitative estimate of drug-likeness (QED) is 0.181. The highest BCUT2D eigenvalue weighted by molar-refractivity contribution is 7.26. The van der Waals surface area contributed by atoms with Crippen LogP contribution in [0.3, 0.4) is 0 Å². The first-order valence-electron chi connectivity index (χ1n) is 17.1. The van der Waals surface area contributed by atoms with Crippen molar-refractivity contribution in [2.45, 2.75) is 6.42 Å². The maximum Gasteiger partial charge on any atom is 0.165 e. The Morgan fingerprint density at radius 2 is 1.04 bits per heavy atom. The molecule has 0 saturated heterocycles. The number of benzene rings is 6. The van der Waals surface area contributed by atoms with Gasteiger partial charge in [-0.2, -0.15) is 0 Å². The van der Waals surface area contributed by atoms with E-state index in [0.717, 1.165) is 28.7 Å². The minimum Gasteiger partial charge on any atom is -0.209 e. The van der Waals surface area contributed by atoms with Crippen molar-refractivity contribution in [2.24, 2.45) is 0 Å². The molecule has 0 N–H and O–H groups in total. The fourth-order valence-electron chi connectivity index (χ4n) is 7.04. The van der Waals surface area contributed by atoms with Gasteiger partial charge in [0.1, 0.15) is 0 Å². The Kier molecular flexibility index (Phi) is 7.26. The summed E-state index contributed by atoms with van der Waals surface area (Å²) >= 11 is 3.64. The maximum atomic E-state index is 5.21. The van der Waals surface area contributed by atoms with Gasteiger partial charge in [-0.1, -0.05) is 140 Å². The second-order valence-corrected chi connectivity index (χ2v) is 14.9. The van der Waals surface area contributed by atoms with Gasteiger partial charge in [0.25, 0.3) is 0 Å². The molecule has 0 spiro atoms. The lowest BCUT2D eigenvalue weighted by Crippen LogP contribution is -2.17. The molecule has 240 valence electrons. The Morgan fingerprint density at radius 3 is 1.86 bits per heavy atom. The van der Waals surface area contributed by atoms with Gasteiger partial charge in [0.05, 0.1) is 0 Å². The molecule has 0 unspecified atom stereocenters. The molecule has 0 aliphatic heterocycles. The molecule has 1 aliphatic carbocycles. The monoisotopic (exact) mass is 687 g/mol. The lowest BCUT2D eigenvalue weighted by molar-refractivity contribution is 1.03. The van der Waals surface area contributed by atoms with Crippen LogP contribution in [0.2, 0.25) is 0 Å². The average Bonchev–Trinajstić information content (AvgIpc) is 3.68. The van der Waals surface area contributed by atoms with Crippen LogP contribution in [0.25, 0.3) is 93.0 Å². The van der Waals surface area contributed by atoms with E-state index in [1.807, 2.05) is 11.3 Å². The standard InChI is InChI=1S/C46H29N3S2/c1-2-10-29(11-3-1)33-12-8-13-34(28-33)30-20-22-31(23-21-30)44-47-45(32-24-26-37-35-14-4-6-18-40(35)50-42(37)27-25-32)49-46(48-44)39-17-9-16-38-36-15-5-7-19-41(36)51-43(38)39/h1-24,26-28H,25H2. The van der Waals surface area contributed by atoms with Crippen molar-refractivity contribution >= 4 is 70.7 Å². The zero-order valence-corrected chi connectivity index (χ0v) is 29.1. The maximum absolute atomic E-state index is 5.21. The molecular formula is C46H29N3S2. The molecule has 9 aromatic rings. The molecule has 10 rings (SSSR count). The van der Waals surface area contributed by atoms with Crippen LogP contribution in [0.15, 0.2) is 152 Å². The fourth-order valence-corrected chi connectivity index (χ4v) is 9.38. The van der Waals surface area contributed by atoms with E-state index < -0.39 is 0 Å². The number of hydrogen-bond acceptors (Lipinski definition) is 5. The number of rotatable bonds is 5. The summed E-state index contributed by atoms with van der Waals surface area (Å²) in [6.45, 7) is 0. The highest BCUT2D eigenvalue weighted by atomic mass is 32.1. The van der Waals surface area contributed by atoms with Gasteiger partial charge in [-0.3, -0.25) is 0 Å². The van der Waals surface area contributed by atoms with Crippen LogP contribution >= 0.6 is 22.7 Å².